The number of unbranched alkanes of at least 4 members (excludes halogenated alkanes) is 2. The monoisotopic (exact) mass is 195 g/mol. The number of nitrogens with zero attached hydrogens (tertiary/aromatic N) is 2. The number of nitriles is 1. The Labute approximate surface area is 87.1 Å². The van der Waals surface area contributed by atoms with Crippen LogP contribution in [0.5, 0.6) is 0 Å². The van der Waals surface area contributed by atoms with Crippen molar-refractivity contribution in [2.45, 2.75) is 44.7 Å². The second-order valence-electron chi connectivity index (χ2n) is 4.29. The van der Waals surface area contributed by atoms with Gasteiger partial charge in [0, 0.05) is 25.0 Å². The summed E-state index contributed by atoms with van der Waals surface area (Å²) in [7, 11) is 2.18. The zero-order chi connectivity index (χ0) is 10.4. The molecule has 1 N–H and O–H groups in total. The molecule has 0 bridgehead atoms. The Kier molecular flexibility index (Phi) is 4.92. The summed E-state index contributed by atoms with van der Waals surface area (Å²) in [6.07, 6.45) is 4.11. The molecule has 0 aliphatic carbocycles. The normalized spacial score (nSPS) is 27.8. The van der Waals surface area contributed by atoms with Crippen LogP contribution < -0.4 is 5.32 Å². The standard InChI is InChI=1S/C11H21N3/c1-10-8-11(9-14(10)2)13-7-5-3-4-6-12/h10-11,13H,3-5,7-9H2,1-2H3. The number of hydrogen-bond acceptors (Lipinski definition) is 3. The number of nitrogens with one attached hydrogen (secondary N) is 1. The van der Waals surface area contributed by atoms with Crippen LogP contribution in [0, 0.1) is 11.3 Å². The highest BCUT2D eigenvalue weighted by Gasteiger charge is 2.24. The van der Waals surface area contributed by atoms with Crippen molar-refractivity contribution in [1.82, 2.24) is 10.2 Å². The molecular formula is C11H21N3. The van der Waals surface area contributed by atoms with Gasteiger partial charge in [-0.3, -0.25) is 0 Å². The van der Waals surface area contributed by atoms with Crippen molar-refractivity contribution in [3.63, 3.8) is 0 Å². The topological polar surface area (TPSA) is 39.1 Å². The van der Waals surface area contributed by atoms with Crippen LogP contribution in [0.15, 0.2) is 0 Å². The zero-order valence-corrected chi connectivity index (χ0v) is 9.29. The van der Waals surface area contributed by atoms with Crippen molar-refractivity contribution in [3.8, 4) is 6.07 Å². The molecule has 1 aliphatic rings. The Morgan fingerprint density at radius 2 is 2.29 bits per heavy atom. The van der Waals surface area contributed by atoms with Crippen molar-refractivity contribution in [2.75, 3.05) is 20.1 Å². The molecule has 0 saturated carbocycles. The Morgan fingerprint density at radius 3 is 2.86 bits per heavy atom. The highest BCUT2D eigenvalue weighted by molar-refractivity contribution is 4.84. The van der Waals surface area contributed by atoms with Gasteiger partial charge in [0.05, 0.1) is 6.07 Å². The van der Waals surface area contributed by atoms with E-state index < -0.39 is 0 Å². The summed E-state index contributed by atoms with van der Waals surface area (Å²) in [5, 5.41) is 11.9. The lowest BCUT2D eigenvalue weighted by Gasteiger charge is -2.13. The van der Waals surface area contributed by atoms with Gasteiger partial charge in [-0.05, 0) is 39.8 Å². The van der Waals surface area contributed by atoms with E-state index in [1.165, 1.54) is 13.0 Å². The molecule has 3 nitrogen and oxygen atoms in total. The molecule has 2 unspecified atom stereocenters. The van der Waals surface area contributed by atoms with E-state index in [0.717, 1.165) is 19.4 Å². The predicted molar refractivity (Wildman–Crippen MR) is 58.0 cm³/mol. The van der Waals surface area contributed by atoms with Crippen LogP contribution in [0.25, 0.3) is 0 Å². The van der Waals surface area contributed by atoms with E-state index in [-0.39, 0.29) is 0 Å². The average molecular weight is 195 g/mol. The summed E-state index contributed by atoms with van der Waals surface area (Å²) in [6, 6.07) is 3.55. The lowest BCUT2D eigenvalue weighted by molar-refractivity contribution is 0.326. The van der Waals surface area contributed by atoms with Gasteiger partial charge in [-0.15, -0.1) is 0 Å². The first-order valence-electron chi connectivity index (χ1n) is 5.54. The third kappa shape index (κ3) is 3.65. The number of rotatable bonds is 5. The Morgan fingerprint density at radius 1 is 1.50 bits per heavy atom. The molecule has 0 aromatic carbocycles. The van der Waals surface area contributed by atoms with E-state index in [0.29, 0.717) is 18.5 Å². The van der Waals surface area contributed by atoms with Gasteiger partial charge in [0.15, 0.2) is 0 Å². The van der Waals surface area contributed by atoms with Gasteiger partial charge in [0.1, 0.15) is 0 Å². The molecule has 1 saturated heterocycles. The first-order chi connectivity index (χ1) is 6.74. The van der Waals surface area contributed by atoms with Gasteiger partial charge in [-0.1, -0.05) is 0 Å². The van der Waals surface area contributed by atoms with Gasteiger partial charge in [-0.2, -0.15) is 5.26 Å². The van der Waals surface area contributed by atoms with Crippen molar-refractivity contribution < 1.29 is 0 Å². The van der Waals surface area contributed by atoms with E-state index in [2.05, 4.69) is 30.3 Å². The molecule has 0 aromatic heterocycles. The Hall–Kier alpha value is -0.590. The van der Waals surface area contributed by atoms with Crippen molar-refractivity contribution in [2.24, 2.45) is 0 Å². The largest absolute Gasteiger partial charge is 0.313 e. The summed E-state index contributed by atoms with van der Waals surface area (Å²) in [6.45, 7) is 4.50. The maximum atomic E-state index is 8.37. The maximum absolute atomic E-state index is 8.37. The quantitative estimate of drug-likeness (QED) is 0.673. The van der Waals surface area contributed by atoms with Gasteiger partial charge < -0.3 is 10.2 Å². The molecule has 3 heteroatoms. The molecule has 0 aromatic rings. The van der Waals surface area contributed by atoms with E-state index in [1.807, 2.05) is 0 Å². The Bertz CT molecular complexity index is 187. The third-order valence-electron chi connectivity index (χ3n) is 3.03. The highest BCUT2D eigenvalue weighted by atomic mass is 15.2. The summed E-state index contributed by atoms with van der Waals surface area (Å²) in [5.74, 6) is 0. The molecular weight excluding hydrogens is 174 g/mol. The van der Waals surface area contributed by atoms with Crippen LogP contribution in [0.1, 0.15) is 32.6 Å². The molecule has 1 heterocycles. The molecule has 1 aliphatic heterocycles. The van der Waals surface area contributed by atoms with Gasteiger partial charge in [0.25, 0.3) is 0 Å². The minimum absolute atomic E-state index is 0.664. The molecule has 0 radical (unpaired) electrons. The third-order valence-corrected chi connectivity index (χ3v) is 3.03. The van der Waals surface area contributed by atoms with Crippen LogP contribution in [-0.2, 0) is 0 Å². The molecule has 1 fully saturated rings. The molecule has 2 atom stereocenters. The van der Waals surface area contributed by atoms with Crippen LogP contribution >= 0.6 is 0 Å². The van der Waals surface area contributed by atoms with Crippen LogP contribution in [-0.4, -0.2) is 37.1 Å². The van der Waals surface area contributed by atoms with Crippen molar-refractivity contribution in [3.05, 3.63) is 0 Å². The number of likely N-dealkylation sites (tertiary alicyclic amines) is 1. The first kappa shape index (κ1) is 11.5. The van der Waals surface area contributed by atoms with Crippen LogP contribution in [0.3, 0.4) is 0 Å². The fourth-order valence-electron chi connectivity index (χ4n) is 1.98. The fraction of sp³-hybridized carbons (Fsp3) is 0.909. The fourth-order valence-corrected chi connectivity index (χ4v) is 1.98. The lowest BCUT2D eigenvalue weighted by Crippen LogP contribution is -2.32. The zero-order valence-electron chi connectivity index (χ0n) is 9.29. The van der Waals surface area contributed by atoms with Crippen LogP contribution in [0.4, 0.5) is 0 Å². The summed E-state index contributed by atoms with van der Waals surface area (Å²) < 4.78 is 0. The maximum Gasteiger partial charge on any atom is 0.0621 e. The second-order valence-corrected chi connectivity index (χ2v) is 4.29. The summed E-state index contributed by atoms with van der Waals surface area (Å²) in [5.41, 5.74) is 0. The molecule has 0 spiro atoms. The van der Waals surface area contributed by atoms with Crippen molar-refractivity contribution >= 4 is 0 Å². The SMILES string of the molecule is CC1CC(NCCCCC#N)CN1C. The number of hydrogen-bond donors (Lipinski definition) is 1. The first-order valence-corrected chi connectivity index (χ1v) is 5.54. The average Bonchev–Trinajstić information content (AvgIpc) is 2.46. The molecule has 14 heavy (non-hydrogen) atoms. The highest BCUT2D eigenvalue weighted by Crippen LogP contribution is 2.14. The lowest BCUT2D eigenvalue weighted by atomic mass is 10.2. The summed E-state index contributed by atoms with van der Waals surface area (Å²) in [4.78, 5) is 2.40. The van der Waals surface area contributed by atoms with Gasteiger partial charge >= 0.3 is 0 Å². The van der Waals surface area contributed by atoms with Gasteiger partial charge in [0.2, 0.25) is 0 Å². The predicted octanol–water partition coefficient (Wildman–Crippen LogP) is 1.36. The Balaban J connectivity index is 2.01. The van der Waals surface area contributed by atoms with E-state index >= 15 is 0 Å². The second kappa shape index (κ2) is 6.00. The minimum Gasteiger partial charge on any atom is -0.313 e. The molecule has 1 rings (SSSR count). The van der Waals surface area contributed by atoms with E-state index in [9.17, 15) is 0 Å². The van der Waals surface area contributed by atoms with E-state index in [1.54, 1.807) is 0 Å². The summed E-state index contributed by atoms with van der Waals surface area (Å²) >= 11 is 0. The van der Waals surface area contributed by atoms with Crippen LogP contribution in [0.2, 0.25) is 0 Å². The molecule has 80 valence electrons. The smallest absolute Gasteiger partial charge is 0.0621 e. The number of likely N-dealkylation sites (N-methyl/N-ethyl adjacent to an activating group) is 1. The van der Waals surface area contributed by atoms with Gasteiger partial charge in [-0.25, -0.2) is 0 Å². The minimum atomic E-state index is 0.664. The molecule has 0 amide bonds. The van der Waals surface area contributed by atoms with Crippen molar-refractivity contribution in [1.29, 1.82) is 5.26 Å². The van der Waals surface area contributed by atoms with E-state index in [4.69, 9.17) is 5.26 Å².